The summed E-state index contributed by atoms with van der Waals surface area (Å²) in [4.78, 5) is 24.5. The van der Waals surface area contributed by atoms with E-state index in [2.05, 4.69) is 46.1 Å². The number of rotatable bonds is 8. The number of pyridine rings is 1. The average molecular weight is 610 g/mol. The van der Waals surface area contributed by atoms with Crippen molar-refractivity contribution in [3.05, 3.63) is 89.5 Å². The maximum Gasteiger partial charge on any atom is 0.246 e. The zero-order chi connectivity index (χ0) is 30.2. The van der Waals surface area contributed by atoms with Crippen LogP contribution >= 0.6 is 11.3 Å². The maximum atomic E-state index is 14.6. The number of nitrogens with zero attached hydrogens (tertiary/aromatic N) is 4. The fraction of sp³-hybridized carbons (Fsp3) is 0.265. The van der Waals surface area contributed by atoms with Gasteiger partial charge in [-0.3, -0.25) is 4.79 Å². The van der Waals surface area contributed by atoms with E-state index in [4.69, 9.17) is 19.4 Å². The Balaban J connectivity index is 1.44. The van der Waals surface area contributed by atoms with Crippen LogP contribution in [0.25, 0.3) is 43.9 Å². The molecule has 0 saturated carbocycles. The summed E-state index contributed by atoms with van der Waals surface area (Å²) < 4.78 is 28.9. The number of fused-ring (bicyclic) bond motifs is 3. The summed E-state index contributed by atoms with van der Waals surface area (Å²) in [6.07, 6.45) is 4.31. The van der Waals surface area contributed by atoms with Gasteiger partial charge in [-0.15, -0.1) is 11.3 Å². The van der Waals surface area contributed by atoms with Gasteiger partial charge in [-0.25, -0.2) is 14.4 Å². The van der Waals surface area contributed by atoms with E-state index in [0.717, 1.165) is 57.8 Å². The zero-order valence-corrected chi connectivity index (χ0v) is 25.3. The van der Waals surface area contributed by atoms with Crippen molar-refractivity contribution in [1.29, 1.82) is 0 Å². The Hall–Kier alpha value is -4.38. The number of thiophene rings is 1. The molecular weight excluding hydrogens is 577 g/mol. The Morgan fingerprint density at radius 3 is 2.89 bits per heavy atom. The number of ether oxygens (including phenoxy) is 2. The van der Waals surface area contributed by atoms with Gasteiger partial charge in [0, 0.05) is 65.8 Å². The average Bonchev–Trinajstić information content (AvgIpc) is 3.71. The quantitative estimate of drug-likeness (QED) is 0.176. The molecule has 0 spiro atoms. The van der Waals surface area contributed by atoms with Crippen LogP contribution in [0, 0.1) is 5.82 Å². The molecule has 3 aromatic heterocycles. The summed E-state index contributed by atoms with van der Waals surface area (Å²) in [7, 11) is 1.60. The van der Waals surface area contributed by atoms with E-state index in [1.807, 2.05) is 6.20 Å². The van der Waals surface area contributed by atoms with E-state index < -0.39 is 0 Å². The number of hydrogen-bond donors (Lipinski definition) is 1. The van der Waals surface area contributed by atoms with E-state index in [-0.39, 0.29) is 18.3 Å². The minimum Gasteiger partial charge on any atom is -0.490 e. The monoisotopic (exact) mass is 609 g/mol. The molecule has 2 aliphatic heterocycles. The molecule has 44 heavy (non-hydrogen) atoms. The largest absolute Gasteiger partial charge is 0.490 e. The normalized spacial score (nSPS) is 14.4. The summed E-state index contributed by atoms with van der Waals surface area (Å²) in [5.41, 5.74) is 7.49. The predicted molar refractivity (Wildman–Crippen MR) is 170 cm³/mol. The lowest BCUT2D eigenvalue weighted by atomic mass is 9.94. The first-order chi connectivity index (χ1) is 21.5. The lowest BCUT2D eigenvalue weighted by Crippen LogP contribution is -2.37. The number of halogens is 1. The molecule has 0 unspecified atom stereocenters. The molecule has 0 fully saturated rings. The molecule has 5 heterocycles. The van der Waals surface area contributed by atoms with Crippen molar-refractivity contribution >= 4 is 27.3 Å². The van der Waals surface area contributed by atoms with Crippen molar-refractivity contribution in [2.45, 2.75) is 26.1 Å². The summed E-state index contributed by atoms with van der Waals surface area (Å²) in [5, 5.41) is 6.53. The van der Waals surface area contributed by atoms with E-state index in [9.17, 15) is 9.18 Å². The lowest BCUT2D eigenvalue weighted by molar-refractivity contribution is -0.127. The van der Waals surface area contributed by atoms with Gasteiger partial charge in [0.05, 0.1) is 18.8 Å². The van der Waals surface area contributed by atoms with Crippen molar-refractivity contribution in [2.24, 2.45) is 0 Å². The molecule has 1 amide bonds. The third kappa shape index (κ3) is 5.19. The van der Waals surface area contributed by atoms with Crippen LogP contribution < -0.4 is 10.1 Å². The predicted octanol–water partition coefficient (Wildman–Crippen LogP) is 5.83. The van der Waals surface area contributed by atoms with Crippen LogP contribution in [-0.4, -0.2) is 58.8 Å². The summed E-state index contributed by atoms with van der Waals surface area (Å²) in [6.45, 7) is 7.67. The molecule has 0 atom stereocenters. The molecule has 224 valence electrons. The van der Waals surface area contributed by atoms with Gasteiger partial charge in [0.2, 0.25) is 5.91 Å². The van der Waals surface area contributed by atoms with E-state index in [1.165, 1.54) is 29.3 Å². The molecule has 1 N–H and O–H groups in total. The number of methoxy groups -OCH3 is 1. The third-order valence-corrected chi connectivity index (χ3v) is 9.20. The Morgan fingerprint density at radius 2 is 2.02 bits per heavy atom. The molecule has 0 radical (unpaired) electrons. The first kappa shape index (κ1) is 28.4. The maximum absolute atomic E-state index is 14.6. The van der Waals surface area contributed by atoms with Gasteiger partial charge in [0.25, 0.3) is 0 Å². The molecule has 2 aromatic carbocycles. The first-order valence-electron chi connectivity index (χ1n) is 14.7. The molecule has 0 aliphatic carbocycles. The van der Waals surface area contributed by atoms with Gasteiger partial charge in [0.15, 0.2) is 0 Å². The van der Waals surface area contributed by atoms with E-state index >= 15 is 0 Å². The number of carbonyl (C=O) groups excluding carboxylic acids is 1. The SMILES string of the molecule is C=CC(=O)N1CCn2cc(-c3nc(-c4ccc5c(c4)CCNC5)c4ccsc4c3-c3ccc(F)cc3OCCOC)nc2C1. The fourth-order valence-electron chi connectivity index (χ4n) is 6.05. The molecule has 0 saturated heterocycles. The molecule has 0 bridgehead atoms. The van der Waals surface area contributed by atoms with Crippen LogP contribution in [0.2, 0.25) is 0 Å². The highest BCUT2D eigenvalue weighted by Crippen LogP contribution is 2.46. The minimum atomic E-state index is -0.386. The van der Waals surface area contributed by atoms with Crippen LogP contribution in [0.1, 0.15) is 17.0 Å². The van der Waals surface area contributed by atoms with Crippen LogP contribution in [0.4, 0.5) is 4.39 Å². The summed E-state index contributed by atoms with van der Waals surface area (Å²) in [6, 6.07) is 13.3. The molecule has 5 aromatic rings. The molecular formula is C34H32FN5O3S. The van der Waals surface area contributed by atoms with E-state index in [1.54, 1.807) is 29.4 Å². The fourth-order valence-corrected chi connectivity index (χ4v) is 7.00. The highest BCUT2D eigenvalue weighted by atomic mass is 32.1. The smallest absolute Gasteiger partial charge is 0.246 e. The number of carbonyl (C=O) groups is 1. The van der Waals surface area contributed by atoms with Crippen LogP contribution in [-0.2, 0) is 35.6 Å². The summed E-state index contributed by atoms with van der Waals surface area (Å²) in [5.74, 6) is 0.691. The van der Waals surface area contributed by atoms with Gasteiger partial charge in [-0.05, 0) is 59.8 Å². The van der Waals surface area contributed by atoms with Gasteiger partial charge >= 0.3 is 0 Å². The van der Waals surface area contributed by atoms with Crippen molar-refractivity contribution in [3.63, 3.8) is 0 Å². The number of hydrogen-bond acceptors (Lipinski definition) is 7. The number of aromatic nitrogens is 3. The highest BCUT2D eigenvalue weighted by Gasteiger charge is 2.27. The van der Waals surface area contributed by atoms with Crippen LogP contribution in [0.15, 0.2) is 66.7 Å². The van der Waals surface area contributed by atoms with Crippen molar-refractivity contribution < 1.29 is 18.7 Å². The topological polar surface area (TPSA) is 81.5 Å². The van der Waals surface area contributed by atoms with Crippen molar-refractivity contribution in [3.8, 4) is 39.5 Å². The minimum absolute atomic E-state index is 0.117. The standard InChI is InChI=1S/C34H32FN5O3S/c1-3-30(41)40-12-11-39-19-27(37-29(39)20-40)33-31(25-7-6-24(35)17-28(25)43-14-13-42-2)34-26(9-15-44-34)32(38-33)22-4-5-23-18-36-10-8-21(23)16-22/h3-7,9,15-17,19,36H,1,8,10-14,18,20H2,2H3. The number of imidazole rings is 1. The second-order valence-corrected chi connectivity index (χ2v) is 11.9. The molecule has 8 nitrogen and oxygen atoms in total. The van der Waals surface area contributed by atoms with E-state index in [0.29, 0.717) is 43.4 Å². The van der Waals surface area contributed by atoms with Crippen molar-refractivity contribution in [2.75, 3.05) is 33.4 Å². The Labute approximate surface area is 258 Å². The van der Waals surface area contributed by atoms with Crippen molar-refractivity contribution in [1.82, 2.24) is 24.8 Å². The third-order valence-electron chi connectivity index (χ3n) is 8.26. The van der Waals surface area contributed by atoms with Gasteiger partial charge in [-0.2, -0.15) is 0 Å². The Kier molecular flexibility index (Phi) is 7.71. The number of amides is 1. The molecule has 2 aliphatic rings. The second kappa shape index (κ2) is 12.0. The van der Waals surface area contributed by atoms with Crippen LogP contribution in [0.3, 0.4) is 0 Å². The molecule has 7 rings (SSSR count). The number of benzene rings is 2. The summed E-state index contributed by atoms with van der Waals surface area (Å²) >= 11 is 1.62. The van der Waals surface area contributed by atoms with Gasteiger partial charge in [-0.1, -0.05) is 18.7 Å². The number of nitrogens with one attached hydrogen (secondary N) is 1. The lowest BCUT2D eigenvalue weighted by Gasteiger charge is -2.26. The highest BCUT2D eigenvalue weighted by molar-refractivity contribution is 7.18. The van der Waals surface area contributed by atoms with Gasteiger partial charge in [0.1, 0.15) is 35.4 Å². The van der Waals surface area contributed by atoms with Crippen LogP contribution in [0.5, 0.6) is 5.75 Å². The Bertz CT molecular complexity index is 1900. The first-order valence-corrected chi connectivity index (χ1v) is 15.6. The second-order valence-electron chi connectivity index (χ2n) is 10.9. The van der Waals surface area contributed by atoms with Gasteiger partial charge < -0.3 is 24.3 Å². The zero-order valence-electron chi connectivity index (χ0n) is 24.4. The molecule has 10 heteroatoms. The Morgan fingerprint density at radius 1 is 1.11 bits per heavy atom.